The quantitative estimate of drug-likeness (QED) is 0.810. The molecule has 1 aromatic heterocycles. The number of likely N-dealkylation sites (tertiary alicyclic amines) is 1. The molecule has 0 bridgehead atoms. The van der Waals surface area contributed by atoms with Crippen LogP contribution in [0.5, 0.6) is 0 Å². The molecule has 5 nitrogen and oxygen atoms in total. The molecule has 1 aliphatic rings. The Kier molecular flexibility index (Phi) is 4.93. The van der Waals surface area contributed by atoms with E-state index in [1.165, 1.54) is 12.3 Å². The number of H-pyrrole nitrogens is 1. The summed E-state index contributed by atoms with van der Waals surface area (Å²) in [6.07, 6.45) is 3.39. The molecule has 0 spiro atoms. The van der Waals surface area contributed by atoms with Crippen LogP contribution in [0.1, 0.15) is 23.3 Å². The molecule has 0 aliphatic carbocycles. The predicted octanol–water partition coefficient (Wildman–Crippen LogP) is 0.994. The Hall–Kier alpha value is -1.40. The summed E-state index contributed by atoms with van der Waals surface area (Å²) in [4.78, 5) is 16.7. The van der Waals surface area contributed by atoms with Crippen molar-refractivity contribution in [3.8, 4) is 0 Å². The zero-order chi connectivity index (χ0) is 13.7. The molecule has 1 saturated heterocycles. The number of carbonyl (C=O) groups excluding carboxylic acids is 1. The molecule has 19 heavy (non-hydrogen) atoms. The molecule has 2 heterocycles. The molecule has 1 fully saturated rings. The normalized spacial score (nSPS) is 19.8. The maximum atomic E-state index is 12.8. The number of rotatable bonds is 6. The highest BCUT2D eigenvalue weighted by molar-refractivity contribution is 5.92. The fraction of sp³-hybridized carbons (Fsp3) is 0.615. The summed E-state index contributed by atoms with van der Waals surface area (Å²) in [6, 6.07) is 1.55. The number of methoxy groups -OCH3 is 1. The highest BCUT2D eigenvalue weighted by atomic mass is 19.1. The fourth-order valence-electron chi connectivity index (χ4n) is 2.43. The number of aromatic amines is 1. The third-order valence-corrected chi connectivity index (χ3v) is 3.47. The van der Waals surface area contributed by atoms with Crippen molar-refractivity contribution in [1.29, 1.82) is 0 Å². The molecule has 2 N–H and O–H groups in total. The summed E-state index contributed by atoms with van der Waals surface area (Å²) in [5, 5.41) is 2.84. The molecule has 1 aliphatic heterocycles. The average molecular weight is 269 g/mol. The van der Waals surface area contributed by atoms with E-state index in [-0.39, 0.29) is 11.6 Å². The minimum absolute atomic E-state index is 0.262. The van der Waals surface area contributed by atoms with Crippen LogP contribution in [0.15, 0.2) is 12.3 Å². The molecule has 6 heteroatoms. The van der Waals surface area contributed by atoms with Crippen molar-refractivity contribution in [3.05, 3.63) is 23.8 Å². The number of amides is 1. The molecule has 0 radical (unpaired) electrons. The smallest absolute Gasteiger partial charge is 0.267 e. The molecule has 0 aromatic carbocycles. The molecule has 1 aromatic rings. The first-order chi connectivity index (χ1) is 9.20. The van der Waals surface area contributed by atoms with Gasteiger partial charge in [0.15, 0.2) is 0 Å². The summed E-state index contributed by atoms with van der Waals surface area (Å²) in [6.45, 7) is 3.21. The van der Waals surface area contributed by atoms with Crippen LogP contribution in [0.2, 0.25) is 0 Å². The SMILES string of the molecule is COCCN1CCCC1CNC(=O)c1cc(F)c[nH]1. The van der Waals surface area contributed by atoms with Crippen LogP contribution in [0.3, 0.4) is 0 Å². The van der Waals surface area contributed by atoms with E-state index < -0.39 is 5.82 Å². The Morgan fingerprint density at radius 2 is 2.53 bits per heavy atom. The number of nitrogens with one attached hydrogen (secondary N) is 2. The van der Waals surface area contributed by atoms with Crippen molar-refractivity contribution in [1.82, 2.24) is 15.2 Å². The van der Waals surface area contributed by atoms with E-state index in [1.807, 2.05) is 0 Å². The number of hydrogen-bond donors (Lipinski definition) is 2. The Morgan fingerprint density at radius 1 is 1.68 bits per heavy atom. The third kappa shape index (κ3) is 3.78. The van der Waals surface area contributed by atoms with Gasteiger partial charge < -0.3 is 15.0 Å². The van der Waals surface area contributed by atoms with Crippen LogP contribution in [0, 0.1) is 5.82 Å². The van der Waals surface area contributed by atoms with Gasteiger partial charge in [-0.2, -0.15) is 0 Å². The van der Waals surface area contributed by atoms with Crippen molar-refractivity contribution in [2.75, 3.05) is 33.4 Å². The predicted molar refractivity (Wildman–Crippen MR) is 69.6 cm³/mol. The molecule has 1 unspecified atom stereocenters. The van der Waals surface area contributed by atoms with E-state index in [0.29, 0.717) is 19.2 Å². The number of hydrogen-bond acceptors (Lipinski definition) is 3. The topological polar surface area (TPSA) is 57.4 Å². The van der Waals surface area contributed by atoms with Gasteiger partial charge in [0.05, 0.1) is 6.61 Å². The van der Waals surface area contributed by atoms with Crippen LogP contribution >= 0.6 is 0 Å². The van der Waals surface area contributed by atoms with E-state index >= 15 is 0 Å². The van der Waals surface area contributed by atoms with Crippen LogP contribution in [0.4, 0.5) is 4.39 Å². The second kappa shape index (κ2) is 6.68. The summed E-state index contributed by atoms with van der Waals surface area (Å²) in [5.41, 5.74) is 0.263. The lowest BCUT2D eigenvalue weighted by atomic mass is 10.2. The van der Waals surface area contributed by atoms with Crippen molar-refractivity contribution in [2.24, 2.45) is 0 Å². The van der Waals surface area contributed by atoms with E-state index in [4.69, 9.17) is 4.74 Å². The van der Waals surface area contributed by atoms with Crippen molar-refractivity contribution in [2.45, 2.75) is 18.9 Å². The molecule has 106 valence electrons. The number of aromatic nitrogens is 1. The largest absolute Gasteiger partial charge is 0.383 e. The highest BCUT2D eigenvalue weighted by Crippen LogP contribution is 2.16. The van der Waals surface area contributed by atoms with Gasteiger partial charge in [-0.3, -0.25) is 9.69 Å². The first-order valence-electron chi connectivity index (χ1n) is 6.56. The van der Waals surface area contributed by atoms with Crippen LogP contribution in [-0.2, 0) is 4.74 Å². The Balaban J connectivity index is 1.79. The standard InChI is InChI=1S/C13H20FN3O2/c1-19-6-5-17-4-2-3-11(17)9-16-13(18)12-7-10(14)8-15-12/h7-8,11,15H,2-6,9H2,1H3,(H,16,18). The monoisotopic (exact) mass is 269 g/mol. The van der Waals surface area contributed by atoms with Gasteiger partial charge in [-0.25, -0.2) is 4.39 Å². The molecule has 0 saturated carbocycles. The Morgan fingerprint density at radius 3 is 3.21 bits per heavy atom. The molecule has 1 atom stereocenters. The van der Waals surface area contributed by atoms with Crippen LogP contribution < -0.4 is 5.32 Å². The van der Waals surface area contributed by atoms with E-state index in [1.54, 1.807) is 7.11 Å². The Labute approximate surface area is 112 Å². The Bertz CT molecular complexity index is 422. The third-order valence-electron chi connectivity index (χ3n) is 3.47. The van der Waals surface area contributed by atoms with Gasteiger partial charge in [-0.05, 0) is 19.4 Å². The van der Waals surface area contributed by atoms with Gasteiger partial charge in [-0.1, -0.05) is 0 Å². The fourth-order valence-corrected chi connectivity index (χ4v) is 2.43. The van der Waals surface area contributed by atoms with Gasteiger partial charge in [0.1, 0.15) is 11.5 Å². The number of halogens is 1. The van der Waals surface area contributed by atoms with Crippen LogP contribution in [-0.4, -0.2) is 55.2 Å². The van der Waals surface area contributed by atoms with E-state index in [0.717, 1.165) is 25.9 Å². The summed E-state index contributed by atoms with van der Waals surface area (Å²) >= 11 is 0. The summed E-state index contributed by atoms with van der Waals surface area (Å²) < 4.78 is 17.9. The zero-order valence-electron chi connectivity index (χ0n) is 11.1. The first-order valence-corrected chi connectivity index (χ1v) is 6.56. The van der Waals surface area contributed by atoms with Gasteiger partial charge >= 0.3 is 0 Å². The summed E-state index contributed by atoms with van der Waals surface area (Å²) in [7, 11) is 1.69. The van der Waals surface area contributed by atoms with E-state index in [2.05, 4.69) is 15.2 Å². The van der Waals surface area contributed by atoms with Crippen molar-refractivity contribution < 1.29 is 13.9 Å². The maximum Gasteiger partial charge on any atom is 0.267 e. The molecule has 1 amide bonds. The zero-order valence-corrected chi connectivity index (χ0v) is 11.1. The second-order valence-corrected chi connectivity index (χ2v) is 4.77. The highest BCUT2D eigenvalue weighted by Gasteiger charge is 2.24. The van der Waals surface area contributed by atoms with Gasteiger partial charge in [-0.15, -0.1) is 0 Å². The number of nitrogens with zero attached hydrogens (tertiary/aromatic N) is 1. The maximum absolute atomic E-state index is 12.8. The lowest BCUT2D eigenvalue weighted by Gasteiger charge is -2.24. The van der Waals surface area contributed by atoms with Gasteiger partial charge in [0.25, 0.3) is 5.91 Å². The first kappa shape index (κ1) is 14.0. The van der Waals surface area contributed by atoms with E-state index in [9.17, 15) is 9.18 Å². The molecule has 2 rings (SSSR count). The lowest BCUT2D eigenvalue weighted by Crippen LogP contribution is -2.41. The minimum Gasteiger partial charge on any atom is -0.383 e. The average Bonchev–Trinajstić information content (AvgIpc) is 3.02. The number of ether oxygens (including phenoxy) is 1. The lowest BCUT2D eigenvalue weighted by molar-refractivity contribution is 0.0928. The van der Waals surface area contributed by atoms with Gasteiger partial charge in [0, 0.05) is 38.5 Å². The van der Waals surface area contributed by atoms with Crippen molar-refractivity contribution in [3.63, 3.8) is 0 Å². The molecular weight excluding hydrogens is 249 g/mol. The van der Waals surface area contributed by atoms with Crippen LogP contribution in [0.25, 0.3) is 0 Å². The molecular formula is C13H20FN3O2. The minimum atomic E-state index is -0.423. The second-order valence-electron chi connectivity index (χ2n) is 4.77. The number of carbonyl (C=O) groups is 1. The van der Waals surface area contributed by atoms with Gasteiger partial charge in [0.2, 0.25) is 0 Å². The van der Waals surface area contributed by atoms with Crippen molar-refractivity contribution >= 4 is 5.91 Å². The summed E-state index contributed by atoms with van der Waals surface area (Å²) in [5.74, 6) is -0.685.